The van der Waals surface area contributed by atoms with Crippen molar-refractivity contribution in [1.82, 2.24) is 25.0 Å². The normalized spacial score (nSPS) is 16.3. The molecule has 0 aliphatic heterocycles. The third-order valence-corrected chi connectivity index (χ3v) is 5.11. The van der Waals surface area contributed by atoms with Crippen molar-refractivity contribution in [3.63, 3.8) is 0 Å². The lowest BCUT2D eigenvalue weighted by Crippen LogP contribution is -2.49. The van der Waals surface area contributed by atoms with Gasteiger partial charge in [0.05, 0.1) is 5.69 Å². The Kier molecular flexibility index (Phi) is 6.38. The van der Waals surface area contributed by atoms with Crippen molar-refractivity contribution in [2.75, 3.05) is 20.6 Å². The molecule has 2 heterocycles. The lowest BCUT2D eigenvalue weighted by Gasteiger charge is -2.36. The molecule has 132 valence electrons. The van der Waals surface area contributed by atoms with E-state index < -0.39 is 0 Å². The molecule has 1 aliphatic rings. The van der Waals surface area contributed by atoms with E-state index >= 15 is 0 Å². The van der Waals surface area contributed by atoms with Gasteiger partial charge in [-0.2, -0.15) is 5.10 Å². The van der Waals surface area contributed by atoms with Gasteiger partial charge in [-0.3, -0.25) is 9.67 Å². The lowest BCUT2D eigenvalue weighted by molar-refractivity contribution is 0.153. The lowest BCUT2D eigenvalue weighted by atomic mass is 9.96. The molecule has 0 amide bonds. The maximum Gasteiger partial charge on any atom is 0.0969 e. The molecule has 3 rings (SSSR count). The molecule has 1 aliphatic carbocycles. The van der Waals surface area contributed by atoms with E-state index in [4.69, 9.17) is 0 Å². The first kappa shape index (κ1) is 18.9. The van der Waals surface area contributed by atoms with Crippen LogP contribution in [0, 0.1) is 0 Å². The molecule has 0 spiro atoms. The Bertz CT molecular complexity index is 632. The van der Waals surface area contributed by atoms with Crippen molar-refractivity contribution in [3.8, 4) is 11.3 Å². The topological polar surface area (TPSA) is 46.0 Å². The van der Waals surface area contributed by atoms with Gasteiger partial charge in [-0.25, -0.2) is 0 Å². The number of likely N-dealkylation sites (N-methyl/N-ethyl adjacent to an activating group) is 1. The second-order valence-corrected chi connectivity index (χ2v) is 6.84. The highest BCUT2D eigenvalue weighted by atomic mass is 35.5. The van der Waals surface area contributed by atoms with Crippen LogP contribution >= 0.6 is 12.4 Å². The van der Waals surface area contributed by atoms with Crippen molar-refractivity contribution in [1.29, 1.82) is 0 Å². The highest BCUT2D eigenvalue weighted by Crippen LogP contribution is 2.33. The van der Waals surface area contributed by atoms with Crippen molar-refractivity contribution >= 4 is 12.4 Å². The minimum atomic E-state index is 0. The monoisotopic (exact) mass is 349 g/mol. The third kappa shape index (κ3) is 3.97. The van der Waals surface area contributed by atoms with E-state index in [1.54, 1.807) is 0 Å². The number of aromatic nitrogens is 3. The Balaban J connectivity index is 0.00000208. The van der Waals surface area contributed by atoms with Crippen LogP contribution in [0.1, 0.15) is 31.2 Å². The molecule has 2 aromatic rings. The van der Waals surface area contributed by atoms with Gasteiger partial charge in [-0.1, -0.05) is 12.8 Å². The van der Waals surface area contributed by atoms with Crippen LogP contribution in [0.3, 0.4) is 0 Å². The van der Waals surface area contributed by atoms with Crippen molar-refractivity contribution in [2.45, 2.75) is 37.8 Å². The summed E-state index contributed by atoms with van der Waals surface area (Å²) in [7, 11) is 6.39. The molecular weight excluding hydrogens is 322 g/mol. The second-order valence-electron chi connectivity index (χ2n) is 6.84. The van der Waals surface area contributed by atoms with E-state index in [1.807, 2.05) is 36.3 Å². The van der Waals surface area contributed by atoms with Crippen molar-refractivity contribution in [3.05, 3.63) is 36.3 Å². The number of hydrogen-bond donors (Lipinski definition) is 1. The summed E-state index contributed by atoms with van der Waals surface area (Å²) in [6.45, 7) is 1.88. The van der Waals surface area contributed by atoms with Gasteiger partial charge in [0.2, 0.25) is 0 Å². The van der Waals surface area contributed by atoms with Gasteiger partial charge in [0.15, 0.2) is 0 Å². The highest BCUT2D eigenvalue weighted by Gasteiger charge is 2.35. The molecule has 5 nitrogen and oxygen atoms in total. The van der Waals surface area contributed by atoms with Crippen LogP contribution in [-0.2, 0) is 13.6 Å². The Morgan fingerprint density at radius 2 is 1.88 bits per heavy atom. The molecule has 0 atom stereocenters. The molecule has 0 unspecified atom stereocenters. The summed E-state index contributed by atoms with van der Waals surface area (Å²) >= 11 is 0. The van der Waals surface area contributed by atoms with Gasteiger partial charge >= 0.3 is 0 Å². The Morgan fingerprint density at radius 1 is 1.21 bits per heavy atom. The molecule has 0 saturated heterocycles. The second kappa shape index (κ2) is 8.10. The van der Waals surface area contributed by atoms with E-state index in [1.165, 1.54) is 31.2 Å². The summed E-state index contributed by atoms with van der Waals surface area (Å²) in [5.74, 6) is 0. The quantitative estimate of drug-likeness (QED) is 0.871. The Morgan fingerprint density at radius 3 is 2.50 bits per heavy atom. The van der Waals surface area contributed by atoms with Crippen LogP contribution in [-0.4, -0.2) is 45.8 Å². The van der Waals surface area contributed by atoms with E-state index in [-0.39, 0.29) is 12.4 Å². The molecule has 1 saturated carbocycles. The Labute approximate surface area is 150 Å². The van der Waals surface area contributed by atoms with E-state index in [9.17, 15) is 0 Å². The highest BCUT2D eigenvalue weighted by molar-refractivity contribution is 5.85. The largest absolute Gasteiger partial charge is 0.311 e. The number of nitrogens with zero attached hydrogens (tertiary/aromatic N) is 4. The van der Waals surface area contributed by atoms with E-state index in [2.05, 4.69) is 40.6 Å². The Hall–Kier alpha value is -1.43. The van der Waals surface area contributed by atoms with Crippen LogP contribution in [0.15, 0.2) is 30.7 Å². The third-order valence-electron chi connectivity index (χ3n) is 5.11. The summed E-state index contributed by atoms with van der Waals surface area (Å²) in [6.07, 6.45) is 11.0. The molecular formula is C18H28ClN5. The fourth-order valence-electron chi connectivity index (χ4n) is 3.66. The first-order valence-corrected chi connectivity index (χ1v) is 8.42. The van der Waals surface area contributed by atoms with Crippen LogP contribution in [0.2, 0.25) is 0 Å². The number of pyridine rings is 1. The van der Waals surface area contributed by atoms with Gasteiger partial charge < -0.3 is 10.2 Å². The zero-order chi connectivity index (χ0) is 16.3. The molecule has 24 heavy (non-hydrogen) atoms. The molecule has 0 bridgehead atoms. The smallest absolute Gasteiger partial charge is 0.0969 e. The summed E-state index contributed by atoms with van der Waals surface area (Å²) < 4.78 is 1.89. The molecule has 2 aromatic heterocycles. The minimum absolute atomic E-state index is 0. The van der Waals surface area contributed by atoms with Crippen molar-refractivity contribution < 1.29 is 0 Å². The fraction of sp³-hybridized carbons (Fsp3) is 0.556. The maximum absolute atomic E-state index is 4.62. The predicted molar refractivity (Wildman–Crippen MR) is 100 cm³/mol. The van der Waals surface area contributed by atoms with Gasteiger partial charge in [0, 0.05) is 55.4 Å². The molecule has 1 fully saturated rings. The van der Waals surface area contributed by atoms with E-state index in [0.29, 0.717) is 5.54 Å². The molecule has 1 N–H and O–H groups in total. The summed E-state index contributed by atoms with van der Waals surface area (Å²) in [5, 5.41) is 8.30. The van der Waals surface area contributed by atoms with Crippen LogP contribution in [0.5, 0.6) is 0 Å². The van der Waals surface area contributed by atoms with Crippen molar-refractivity contribution in [2.24, 2.45) is 7.05 Å². The van der Waals surface area contributed by atoms with Crippen LogP contribution < -0.4 is 5.32 Å². The van der Waals surface area contributed by atoms with Crippen LogP contribution in [0.25, 0.3) is 11.3 Å². The van der Waals surface area contributed by atoms with Crippen LogP contribution in [0.4, 0.5) is 0 Å². The van der Waals surface area contributed by atoms with Gasteiger partial charge in [0.25, 0.3) is 0 Å². The SMILES string of the molecule is CN(C)C1(CNCc2cn(C)nc2-c2ccncc2)CCCC1.Cl. The summed E-state index contributed by atoms with van der Waals surface area (Å²) in [5.41, 5.74) is 3.73. The average molecular weight is 350 g/mol. The molecule has 6 heteroatoms. The van der Waals surface area contributed by atoms with Gasteiger partial charge in [0.1, 0.15) is 0 Å². The first-order chi connectivity index (χ1) is 11.1. The maximum atomic E-state index is 4.62. The zero-order valence-corrected chi connectivity index (χ0v) is 15.6. The molecule has 0 radical (unpaired) electrons. The van der Waals surface area contributed by atoms with Gasteiger partial charge in [-0.05, 0) is 39.1 Å². The standard InChI is InChI=1S/C18H27N5.ClH/c1-22(2)18(8-4-5-9-18)14-20-12-16-13-23(3)21-17(16)15-6-10-19-11-7-15;/h6-7,10-11,13,20H,4-5,8-9,12,14H2,1-3H3;1H. The number of halogens is 1. The number of hydrogen-bond acceptors (Lipinski definition) is 4. The summed E-state index contributed by atoms with van der Waals surface area (Å²) in [6, 6.07) is 4.04. The number of rotatable bonds is 6. The summed E-state index contributed by atoms with van der Waals surface area (Å²) in [4.78, 5) is 6.50. The molecule has 0 aromatic carbocycles. The first-order valence-electron chi connectivity index (χ1n) is 8.42. The number of nitrogens with one attached hydrogen (secondary N) is 1. The average Bonchev–Trinajstić information content (AvgIpc) is 3.16. The van der Waals surface area contributed by atoms with Gasteiger partial charge in [-0.15, -0.1) is 12.4 Å². The number of aryl methyl sites for hydroxylation is 1. The minimum Gasteiger partial charge on any atom is -0.311 e. The fourth-order valence-corrected chi connectivity index (χ4v) is 3.66. The predicted octanol–water partition coefficient (Wildman–Crippen LogP) is 2.87. The zero-order valence-electron chi connectivity index (χ0n) is 14.8. The van der Waals surface area contributed by atoms with E-state index in [0.717, 1.165) is 24.3 Å².